The molecule has 1 unspecified atom stereocenters. The first-order valence-corrected chi connectivity index (χ1v) is 13.4. The van der Waals surface area contributed by atoms with E-state index in [0.717, 1.165) is 52.4 Å². The second-order valence-corrected chi connectivity index (χ2v) is 10.4. The van der Waals surface area contributed by atoms with E-state index >= 15 is 0 Å². The number of amides is 1. The van der Waals surface area contributed by atoms with Gasteiger partial charge in [-0.15, -0.1) is 0 Å². The quantitative estimate of drug-likeness (QED) is 0.224. The summed E-state index contributed by atoms with van der Waals surface area (Å²) in [5, 5.41) is 3.07. The first-order chi connectivity index (χ1) is 18.2. The van der Waals surface area contributed by atoms with Crippen LogP contribution >= 0.6 is 0 Å². The van der Waals surface area contributed by atoms with Crippen LogP contribution < -0.4 is 14.8 Å². The molecule has 6 nitrogen and oxygen atoms in total. The van der Waals surface area contributed by atoms with Crippen LogP contribution in [0.3, 0.4) is 0 Å². The van der Waals surface area contributed by atoms with Crippen molar-refractivity contribution in [2.45, 2.75) is 66.5 Å². The first-order valence-electron chi connectivity index (χ1n) is 13.4. The number of hydrogen-bond acceptors (Lipinski definition) is 4. The van der Waals surface area contributed by atoms with E-state index in [1.807, 2.05) is 57.2 Å². The molecule has 3 aromatic carbocycles. The van der Waals surface area contributed by atoms with E-state index in [2.05, 4.69) is 54.9 Å². The Hall–Kier alpha value is -3.80. The minimum absolute atomic E-state index is 0.0443. The highest BCUT2D eigenvalue weighted by molar-refractivity contribution is 5.79. The summed E-state index contributed by atoms with van der Waals surface area (Å²) in [6, 6.07) is 20.2. The zero-order chi connectivity index (χ0) is 27.2. The van der Waals surface area contributed by atoms with Crippen LogP contribution in [0.1, 0.15) is 67.2 Å². The van der Waals surface area contributed by atoms with Gasteiger partial charge in [-0.3, -0.25) is 4.79 Å². The molecule has 1 atom stereocenters. The van der Waals surface area contributed by atoms with Gasteiger partial charge in [-0.2, -0.15) is 0 Å². The van der Waals surface area contributed by atoms with Crippen LogP contribution in [0.4, 0.5) is 0 Å². The lowest BCUT2D eigenvalue weighted by molar-refractivity contribution is -0.123. The molecule has 0 bridgehead atoms. The van der Waals surface area contributed by atoms with Gasteiger partial charge in [0.05, 0.1) is 23.7 Å². The highest BCUT2D eigenvalue weighted by atomic mass is 16.5. The summed E-state index contributed by atoms with van der Waals surface area (Å²) in [4.78, 5) is 17.6. The summed E-state index contributed by atoms with van der Waals surface area (Å²) >= 11 is 0. The van der Waals surface area contributed by atoms with E-state index in [-0.39, 0.29) is 18.6 Å². The Morgan fingerprint density at radius 2 is 1.63 bits per heavy atom. The molecule has 0 aliphatic rings. The molecule has 0 saturated heterocycles. The Kier molecular flexibility index (Phi) is 8.72. The number of imidazole rings is 1. The van der Waals surface area contributed by atoms with Gasteiger partial charge in [0.15, 0.2) is 6.61 Å². The predicted molar refractivity (Wildman–Crippen MR) is 153 cm³/mol. The van der Waals surface area contributed by atoms with Gasteiger partial charge in [0.1, 0.15) is 17.3 Å². The molecule has 1 aromatic heterocycles. The fraction of sp³-hybridized carbons (Fsp3) is 0.375. The van der Waals surface area contributed by atoms with Gasteiger partial charge < -0.3 is 19.4 Å². The maximum atomic E-state index is 12.8. The van der Waals surface area contributed by atoms with Gasteiger partial charge in [0, 0.05) is 6.54 Å². The topological polar surface area (TPSA) is 65.4 Å². The summed E-state index contributed by atoms with van der Waals surface area (Å²) in [5.41, 5.74) is 6.49. The maximum absolute atomic E-state index is 12.8. The van der Waals surface area contributed by atoms with Crippen molar-refractivity contribution in [3.05, 3.63) is 88.7 Å². The summed E-state index contributed by atoms with van der Waals surface area (Å²) in [7, 11) is 0. The number of fused-ring (bicyclic) bond motifs is 1. The Morgan fingerprint density at radius 3 is 2.39 bits per heavy atom. The van der Waals surface area contributed by atoms with Crippen LogP contribution in [0.15, 0.2) is 60.7 Å². The number of ether oxygens (including phenoxy) is 2. The summed E-state index contributed by atoms with van der Waals surface area (Å²) in [6.07, 6.45) is 0.815. The maximum Gasteiger partial charge on any atom is 0.258 e. The summed E-state index contributed by atoms with van der Waals surface area (Å²) in [5.74, 6) is 2.73. The lowest BCUT2D eigenvalue weighted by Crippen LogP contribution is -2.32. The van der Waals surface area contributed by atoms with E-state index in [9.17, 15) is 4.79 Å². The highest BCUT2D eigenvalue weighted by Crippen LogP contribution is 2.28. The molecule has 4 aromatic rings. The second-order valence-electron chi connectivity index (χ2n) is 10.4. The number of hydrogen-bond donors (Lipinski definition) is 1. The molecule has 6 heteroatoms. The number of nitrogens with one attached hydrogen (secondary N) is 1. The molecule has 0 radical (unpaired) electrons. The third-order valence-corrected chi connectivity index (χ3v) is 6.73. The average Bonchev–Trinajstić information content (AvgIpc) is 3.26. The van der Waals surface area contributed by atoms with Gasteiger partial charge in [-0.1, -0.05) is 50.2 Å². The lowest BCUT2D eigenvalue weighted by atomic mass is 10.0. The minimum atomic E-state index is -0.276. The van der Waals surface area contributed by atoms with Crippen LogP contribution in [0, 0.1) is 20.8 Å². The van der Waals surface area contributed by atoms with Gasteiger partial charge in [0.2, 0.25) is 0 Å². The molecule has 0 aliphatic carbocycles. The number of aryl methyl sites for hydroxylation is 4. The zero-order valence-corrected chi connectivity index (χ0v) is 23.4. The number of carbonyl (C=O) groups excluding carboxylic acids is 1. The fourth-order valence-electron chi connectivity index (χ4n) is 4.66. The third-order valence-electron chi connectivity index (χ3n) is 6.73. The molecule has 1 N–H and O–H groups in total. The summed E-state index contributed by atoms with van der Waals surface area (Å²) < 4.78 is 14.2. The highest BCUT2D eigenvalue weighted by Gasteiger charge is 2.19. The Morgan fingerprint density at radius 1 is 0.921 bits per heavy atom. The zero-order valence-electron chi connectivity index (χ0n) is 23.4. The lowest BCUT2D eigenvalue weighted by Gasteiger charge is -2.18. The van der Waals surface area contributed by atoms with Gasteiger partial charge in [-0.25, -0.2) is 4.98 Å². The van der Waals surface area contributed by atoms with E-state index in [4.69, 9.17) is 14.5 Å². The number of rotatable bonds is 11. The smallest absolute Gasteiger partial charge is 0.258 e. The number of nitrogens with zero attached hydrogens (tertiary/aromatic N) is 2. The van der Waals surface area contributed by atoms with Crippen LogP contribution in [-0.2, 0) is 11.3 Å². The number of para-hydroxylation sites is 2. The molecular formula is C32H39N3O3. The molecule has 4 rings (SSSR count). The van der Waals surface area contributed by atoms with Crippen molar-refractivity contribution in [3.63, 3.8) is 0 Å². The van der Waals surface area contributed by atoms with Gasteiger partial charge >= 0.3 is 0 Å². The molecule has 0 fully saturated rings. The van der Waals surface area contributed by atoms with Crippen molar-refractivity contribution in [3.8, 4) is 11.5 Å². The monoisotopic (exact) mass is 513 g/mol. The van der Waals surface area contributed by atoms with E-state index in [1.54, 1.807) is 0 Å². The first kappa shape index (κ1) is 27.2. The molecule has 0 saturated carbocycles. The van der Waals surface area contributed by atoms with Crippen LogP contribution in [0.2, 0.25) is 0 Å². The second kappa shape index (κ2) is 12.2. The standard InChI is InChI=1S/C32H39N3O3/c1-21(2)26-15-13-23(4)19-30(26)37-17-9-16-35-28-11-8-7-10-27(28)34-32(35)25(6)33-31(36)20-38-29-18-22(3)12-14-24(29)5/h7-8,10-15,18-19,21,25H,9,16-17,20H2,1-6H3,(H,33,36). The average molecular weight is 514 g/mol. The Balaban J connectivity index is 1.42. The molecule has 0 spiro atoms. The van der Waals surface area contributed by atoms with Crippen molar-refractivity contribution in [1.82, 2.24) is 14.9 Å². The largest absolute Gasteiger partial charge is 0.493 e. The Bertz CT molecular complexity index is 1410. The number of benzene rings is 3. The number of carbonyl (C=O) groups is 1. The summed E-state index contributed by atoms with van der Waals surface area (Å²) in [6.45, 7) is 13.7. The SMILES string of the molecule is Cc1ccc(C)c(OCC(=O)NC(C)c2nc3ccccc3n2CCCOc2cc(C)ccc2C(C)C)c1. The van der Waals surface area contributed by atoms with Gasteiger partial charge in [-0.05, 0) is 86.6 Å². The minimum Gasteiger partial charge on any atom is -0.493 e. The van der Waals surface area contributed by atoms with Crippen molar-refractivity contribution in [2.24, 2.45) is 0 Å². The predicted octanol–water partition coefficient (Wildman–Crippen LogP) is 6.81. The Labute approximate surface area is 226 Å². The molecule has 38 heavy (non-hydrogen) atoms. The van der Waals surface area contributed by atoms with E-state index in [1.165, 1.54) is 11.1 Å². The van der Waals surface area contributed by atoms with Crippen molar-refractivity contribution >= 4 is 16.9 Å². The van der Waals surface area contributed by atoms with Crippen LogP contribution in [-0.4, -0.2) is 28.7 Å². The number of aromatic nitrogens is 2. The third kappa shape index (κ3) is 6.55. The van der Waals surface area contributed by atoms with E-state index in [0.29, 0.717) is 12.5 Å². The fourth-order valence-corrected chi connectivity index (χ4v) is 4.66. The van der Waals surface area contributed by atoms with Crippen molar-refractivity contribution in [2.75, 3.05) is 13.2 Å². The molecule has 1 heterocycles. The van der Waals surface area contributed by atoms with E-state index < -0.39 is 0 Å². The molecule has 1 amide bonds. The van der Waals surface area contributed by atoms with Crippen LogP contribution in [0.25, 0.3) is 11.0 Å². The van der Waals surface area contributed by atoms with Gasteiger partial charge in [0.25, 0.3) is 5.91 Å². The molecule has 200 valence electrons. The normalized spacial score (nSPS) is 12.1. The van der Waals surface area contributed by atoms with Crippen LogP contribution in [0.5, 0.6) is 11.5 Å². The van der Waals surface area contributed by atoms with Crippen molar-refractivity contribution in [1.29, 1.82) is 0 Å². The molecular weight excluding hydrogens is 474 g/mol. The molecule has 0 aliphatic heterocycles. The van der Waals surface area contributed by atoms with Crippen molar-refractivity contribution < 1.29 is 14.3 Å².